The first-order valence-corrected chi connectivity index (χ1v) is 9.27. The summed E-state index contributed by atoms with van der Waals surface area (Å²) in [4.78, 5) is 0. The van der Waals surface area contributed by atoms with Crippen molar-refractivity contribution in [1.82, 2.24) is 5.01 Å². The van der Waals surface area contributed by atoms with Gasteiger partial charge < -0.3 is 4.74 Å². The monoisotopic (exact) mass is 384 g/mol. The van der Waals surface area contributed by atoms with Crippen molar-refractivity contribution in [3.05, 3.63) is 64.1 Å². The topological polar surface area (TPSA) is 24.8 Å². The van der Waals surface area contributed by atoms with Gasteiger partial charge in [-0.15, -0.1) is 0 Å². The van der Waals surface area contributed by atoms with Gasteiger partial charge in [0.05, 0.1) is 6.04 Å². The zero-order valence-electron chi connectivity index (χ0n) is 13.9. The first-order chi connectivity index (χ1) is 11.6. The number of fused-ring (bicyclic) bond motifs is 3. The van der Waals surface area contributed by atoms with Crippen molar-refractivity contribution in [2.75, 3.05) is 0 Å². The highest BCUT2D eigenvalue weighted by atomic mass is 79.9. The molecule has 2 aliphatic rings. The Balaban J connectivity index is 1.74. The average Bonchev–Trinajstić information content (AvgIpc) is 2.98. The summed E-state index contributed by atoms with van der Waals surface area (Å²) >= 11 is 3.51. The van der Waals surface area contributed by atoms with E-state index in [9.17, 15) is 0 Å². The van der Waals surface area contributed by atoms with Crippen molar-refractivity contribution < 1.29 is 4.74 Å². The Kier molecular flexibility index (Phi) is 4.09. The van der Waals surface area contributed by atoms with E-state index in [0.717, 1.165) is 28.6 Å². The maximum absolute atomic E-state index is 6.33. The van der Waals surface area contributed by atoms with E-state index >= 15 is 0 Å². The molecule has 0 fully saturated rings. The highest BCUT2D eigenvalue weighted by molar-refractivity contribution is 9.10. The first-order valence-electron chi connectivity index (χ1n) is 8.47. The van der Waals surface area contributed by atoms with Crippen molar-refractivity contribution in [3.8, 4) is 5.75 Å². The Morgan fingerprint density at radius 1 is 1.17 bits per heavy atom. The molecule has 0 aromatic heterocycles. The van der Waals surface area contributed by atoms with Crippen LogP contribution in [-0.4, -0.2) is 10.7 Å². The summed E-state index contributed by atoms with van der Waals surface area (Å²) in [6, 6.07) is 17.0. The molecular weight excluding hydrogens is 364 g/mol. The van der Waals surface area contributed by atoms with E-state index < -0.39 is 0 Å². The molecule has 0 saturated carbocycles. The number of para-hydroxylation sites is 1. The highest BCUT2D eigenvalue weighted by Crippen LogP contribution is 2.47. The molecule has 0 bridgehead atoms. The van der Waals surface area contributed by atoms with Gasteiger partial charge in [-0.25, -0.2) is 5.01 Å². The van der Waals surface area contributed by atoms with Crippen LogP contribution in [0.1, 0.15) is 50.1 Å². The third-order valence-electron chi connectivity index (χ3n) is 4.56. The summed E-state index contributed by atoms with van der Waals surface area (Å²) in [5.41, 5.74) is 3.65. The number of benzene rings is 2. The summed E-state index contributed by atoms with van der Waals surface area (Å²) in [6.45, 7) is 4.49. The quantitative estimate of drug-likeness (QED) is 0.678. The smallest absolute Gasteiger partial charge is 0.213 e. The number of nitrogens with zero attached hydrogens (tertiary/aromatic N) is 2. The van der Waals surface area contributed by atoms with Crippen LogP contribution in [0, 0.1) is 5.92 Å². The lowest BCUT2D eigenvalue weighted by Gasteiger charge is -2.38. The van der Waals surface area contributed by atoms with Gasteiger partial charge in [-0.2, -0.15) is 5.10 Å². The molecule has 124 valence electrons. The Morgan fingerprint density at radius 3 is 2.67 bits per heavy atom. The van der Waals surface area contributed by atoms with E-state index in [1.807, 2.05) is 6.07 Å². The van der Waals surface area contributed by atoms with Crippen LogP contribution in [0.2, 0.25) is 0 Å². The lowest BCUT2D eigenvalue weighted by molar-refractivity contribution is -0.0190. The largest absolute Gasteiger partial charge is 0.464 e. The minimum absolute atomic E-state index is 0.164. The van der Waals surface area contributed by atoms with Crippen molar-refractivity contribution in [3.63, 3.8) is 0 Å². The molecule has 4 rings (SSSR count). The molecule has 0 saturated heterocycles. The fourth-order valence-electron chi connectivity index (χ4n) is 3.54. The minimum Gasteiger partial charge on any atom is -0.464 e. The van der Waals surface area contributed by atoms with Gasteiger partial charge in [0.1, 0.15) is 5.75 Å². The number of rotatable bonds is 3. The van der Waals surface area contributed by atoms with Gasteiger partial charge in [-0.3, -0.25) is 0 Å². The normalized spacial score (nSPS) is 22.0. The van der Waals surface area contributed by atoms with Gasteiger partial charge in [-0.1, -0.05) is 60.1 Å². The minimum atomic E-state index is -0.164. The number of hydrogen-bond donors (Lipinski definition) is 0. The van der Waals surface area contributed by atoms with Crippen molar-refractivity contribution >= 4 is 21.6 Å². The number of hydrogen-bond acceptors (Lipinski definition) is 3. The van der Waals surface area contributed by atoms with Gasteiger partial charge in [0.25, 0.3) is 0 Å². The van der Waals surface area contributed by atoms with Crippen molar-refractivity contribution in [2.45, 2.75) is 39.0 Å². The van der Waals surface area contributed by atoms with E-state index in [1.165, 1.54) is 11.3 Å². The fraction of sp³-hybridized carbons (Fsp3) is 0.350. The van der Waals surface area contributed by atoms with Crippen LogP contribution in [0.4, 0.5) is 0 Å². The Hall–Kier alpha value is -1.81. The second kappa shape index (κ2) is 6.25. The molecule has 4 heteroatoms. The standard InChI is InChI=1S/C20H21BrN2O/c1-13(2)11-16-12-18-17-5-3-4-6-19(17)24-20(23(18)22-16)14-7-9-15(21)10-8-14/h3-10,13,18,20H,11-12H2,1-2H3/t18-,20+/m0/s1. The molecule has 0 amide bonds. The lowest BCUT2D eigenvalue weighted by atomic mass is 9.95. The lowest BCUT2D eigenvalue weighted by Crippen LogP contribution is -2.33. The van der Waals surface area contributed by atoms with Crippen LogP contribution in [0.15, 0.2) is 58.1 Å². The van der Waals surface area contributed by atoms with E-state index in [-0.39, 0.29) is 12.3 Å². The third-order valence-corrected chi connectivity index (χ3v) is 5.09. The molecule has 0 N–H and O–H groups in total. The fourth-order valence-corrected chi connectivity index (χ4v) is 3.80. The second-order valence-corrected chi connectivity index (χ2v) is 7.84. The van der Waals surface area contributed by atoms with E-state index in [2.05, 4.69) is 77.3 Å². The third kappa shape index (κ3) is 2.84. The molecule has 0 unspecified atom stereocenters. The van der Waals surface area contributed by atoms with E-state index in [1.54, 1.807) is 0 Å². The Bertz CT molecular complexity index is 769. The van der Waals surface area contributed by atoms with Crippen LogP contribution in [-0.2, 0) is 0 Å². The molecule has 0 radical (unpaired) electrons. The number of halogens is 1. The summed E-state index contributed by atoms with van der Waals surface area (Å²) < 4.78 is 7.40. The van der Waals surface area contributed by atoms with Crippen LogP contribution >= 0.6 is 15.9 Å². The molecule has 0 aliphatic carbocycles. The van der Waals surface area contributed by atoms with Crippen LogP contribution in [0.5, 0.6) is 5.75 Å². The summed E-state index contributed by atoms with van der Waals surface area (Å²) in [6.07, 6.45) is 1.87. The average molecular weight is 385 g/mol. The van der Waals surface area contributed by atoms with Gasteiger partial charge in [0.2, 0.25) is 6.23 Å². The predicted molar refractivity (Wildman–Crippen MR) is 100 cm³/mol. The molecule has 3 nitrogen and oxygen atoms in total. The van der Waals surface area contributed by atoms with Gasteiger partial charge in [0.15, 0.2) is 0 Å². The van der Waals surface area contributed by atoms with Crippen molar-refractivity contribution in [2.24, 2.45) is 11.0 Å². The van der Waals surface area contributed by atoms with E-state index in [4.69, 9.17) is 9.84 Å². The summed E-state index contributed by atoms with van der Waals surface area (Å²) in [5, 5.41) is 7.10. The first kappa shape index (κ1) is 15.7. The Morgan fingerprint density at radius 2 is 1.92 bits per heavy atom. The maximum Gasteiger partial charge on any atom is 0.213 e. The van der Waals surface area contributed by atoms with Crippen molar-refractivity contribution in [1.29, 1.82) is 0 Å². The number of hydrazone groups is 1. The summed E-state index contributed by atoms with van der Waals surface area (Å²) in [5.74, 6) is 1.60. The highest BCUT2D eigenvalue weighted by Gasteiger charge is 2.40. The van der Waals surface area contributed by atoms with Gasteiger partial charge in [0, 0.05) is 27.7 Å². The SMILES string of the molecule is CC(C)CC1=NN2[C@@H](c3ccc(Br)cc3)Oc3ccccc3[C@@H]2C1. The zero-order valence-corrected chi connectivity index (χ0v) is 15.5. The molecule has 0 spiro atoms. The molecule has 2 aliphatic heterocycles. The van der Waals surface area contributed by atoms with Crippen LogP contribution < -0.4 is 4.74 Å². The van der Waals surface area contributed by atoms with Crippen LogP contribution in [0.25, 0.3) is 0 Å². The molecular formula is C20H21BrN2O. The van der Waals surface area contributed by atoms with Gasteiger partial charge >= 0.3 is 0 Å². The maximum atomic E-state index is 6.33. The molecule has 2 aromatic rings. The second-order valence-electron chi connectivity index (χ2n) is 6.92. The van der Waals surface area contributed by atoms with Crippen LogP contribution in [0.3, 0.4) is 0 Å². The molecule has 24 heavy (non-hydrogen) atoms. The zero-order chi connectivity index (χ0) is 16.7. The molecule has 2 heterocycles. The predicted octanol–water partition coefficient (Wildman–Crippen LogP) is 5.69. The number of ether oxygens (including phenoxy) is 1. The van der Waals surface area contributed by atoms with Gasteiger partial charge in [-0.05, 0) is 30.5 Å². The Labute approximate surface area is 151 Å². The molecule has 2 aromatic carbocycles. The summed E-state index contributed by atoms with van der Waals surface area (Å²) in [7, 11) is 0. The molecule has 2 atom stereocenters. The van der Waals surface area contributed by atoms with E-state index in [0.29, 0.717) is 5.92 Å².